The van der Waals surface area contributed by atoms with Crippen molar-refractivity contribution in [3.05, 3.63) is 30.3 Å². The Kier molecular flexibility index (Phi) is 5.26. The molecule has 2 nitrogen and oxygen atoms in total. The average molecular weight is 223 g/mol. The van der Waals surface area contributed by atoms with E-state index in [-0.39, 0.29) is 11.7 Å². The van der Waals surface area contributed by atoms with Gasteiger partial charge in [0.25, 0.3) is 0 Å². The van der Waals surface area contributed by atoms with Crippen LogP contribution in [0, 0.1) is 0 Å². The maximum Gasteiger partial charge on any atom is 0.236 e. The van der Waals surface area contributed by atoms with Crippen LogP contribution in [0.3, 0.4) is 0 Å². The minimum absolute atomic E-state index is 0.0676. The van der Waals surface area contributed by atoms with Crippen molar-refractivity contribution in [2.45, 2.75) is 19.8 Å². The Bertz CT molecular complexity index is 300. The fourth-order valence-corrected chi connectivity index (χ4v) is 1.58. The van der Waals surface area contributed by atoms with E-state index in [1.54, 1.807) is 4.90 Å². The summed E-state index contributed by atoms with van der Waals surface area (Å²) in [7, 11) is 0. The molecule has 0 bridgehead atoms. The summed E-state index contributed by atoms with van der Waals surface area (Å²) < 4.78 is 0. The van der Waals surface area contributed by atoms with Crippen molar-refractivity contribution in [3.63, 3.8) is 0 Å². The average Bonchev–Trinajstić information content (AvgIpc) is 2.30. The molecule has 0 atom stereocenters. The van der Waals surface area contributed by atoms with Crippen molar-refractivity contribution < 1.29 is 4.79 Å². The van der Waals surface area contributed by atoms with E-state index < -0.39 is 0 Å². The first-order valence-corrected chi connectivity index (χ1v) is 5.89. The summed E-state index contributed by atoms with van der Waals surface area (Å²) in [6, 6.07) is 9.75. The highest BCUT2D eigenvalue weighted by Gasteiger charge is 2.12. The lowest BCUT2D eigenvalue weighted by molar-refractivity contribution is -0.116. The van der Waals surface area contributed by atoms with Crippen LogP contribution < -0.4 is 4.90 Å². The van der Waals surface area contributed by atoms with Crippen LogP contribution in [0.2, 0.25) is 0 Å². The zero-order valence-electron chi connectivity index (χ0n) is 9.02. The monoisotopic (exact) mass is 223 g/mol. The fraction of sp³-hybridized carbons (Fsp3) is 0.417. The van der Waals surface area contributed by atoms with Gasteiger partial charge in [0.2, 0.25) is 5.91 Å². The second-order valence-corrected chi connectivity index (χ2v) is 3.71. The third-order valence-electron chi connectivity index (χ3n) is 2.24. The lowest BCUT2D eigenvalue weighted by Crippen LogP contribution is -2.32. The predicted octanol–water partition coefficient (Wildman–Crippen LogP) is 2.75. The molecule has 0 unspecified atom stereocenters. The summed E-state index contributed by atoms with van der Waals surface area (Å²) in [4.78, 5) is 13.5. The van der Waals surface area contributed by atoms with Crippen LogP contribution in [0.5, 0.6) is 0 Å². The summed E-state index contributed by atoms with van der Waals surface area (Å²) in [6.07, 6.45) is 2.11. The lowest BCUT2D eigenvalue weighted by Gasteiger charge is -2.21. The number of carbonyl (C=O) groups is 1. The number of hydrogen-bond donors (Lipinski definition) is 1. The molecule has 1 aromatic carbocycles. The van der Waals surface area contributed by atoms with E-state index in [1.807, 2.05) is 30.3 Å². The van der Waals surface area contributed by atoms with Crippen molar-refractivity contribution >= 4 is 24.2 Å². The molecule has 82 valence electrons. The van der Waals surface area contributed by atoms with E-state index in [0.29, 0.717) is 0 Å². The first-order valence-electron chi connectivity index (χ1n) is 5.26. The van der Waals surface area contributed by atoms with Gasteiger partial charge in [0.15, 0.2) is 0 Å². The number of anilines is 1. The first kappa shape index (κ1) is 12.1. The minimum Gasteiger partial charge on any atom is -0.312 e. The van der Waals surface area contributed by atoms with Gasteiger partial charge >= 0.3 is 0 Å². The SMILES string of the molecule is CCCCN(C(=O)CS)c1ccccc1. The zero-order valence-corrected chi connectivity index (χ0v) is 9.91. The lowest BCUT2D eigenvalue weighted by atomic mass is 10.2. The Morgan fingerprint density at radius 1 is 1.33 bits per heavy atom. The van der Waals surface area contributed by atoms with Gasteiger partial charge in [-0.25, -0.2) is 0 Å². The molecular formula is C12H17NOS. The number of para-hydroxylation sites is 1. The topological polar surface area (TPSA) is 20.3 Å². The normalized spacial score (nSPS) is 10.0. The van der Waals surface area contributed by atoms with Crippen LogP contribution in [-0.4, -0.2) is 18.2 Å². The molecule has 0 N–H and O–H groups in total. The van der Waals surface area contributed by atoms with Gasteiger partial charge in [-0.3, -0.25) is 4.79 Å². The van der Waals surface area contributed by atoms with Gasteiger partial charge in [0, 0.05) is 12.2 Å². The quantitative estimate of drug-likeness (QED) is 0.761. The molecule has 1 rings (SSSR count). The number of unbranched alkanes of at least 4 members (excludes halogenated alkanes) is 1. The predicted molar refractivity (Wildman–Crippen MR) is 67.6 cm³/mol. The molecule has 0 aliphatic carbocycles. The highest BCUT2D eigenvalue weighted by molar-refractivity contribution is 7.81. The number of thiol groups is 1. The van der Waals surface area contributed by atoms with Crippen molar-refractivity contribution in [1.82, 2.24) is 0 Å². The fourth-order valence-electron chi connectivity index (χ4n) is 1.41. The Hall–Kier alpha value is -0.960. The summed E-state index contributed by atoms with van der Waals surface area (Å²) in [6.45, 7) is 2.90. The van der Waals surface area contributed by atoms with Crippen LogP contribution in [0.15, 0.2) is 30.3 Å². The maximum atomic E-state index is 11.7. The largest absolute Gasteiger partial charge is 0.312 e. The van der Waals surface area contributed by atoms with Crippen LogP contribution in [0.4, 0.5) is 5.69 Å². The molecule has 0 saturated carbocycles. The Labute approximate surface area is 96.7 Å². The second kappa shape index (κ2) is 6.51. The molecule has 3 heteroatoms. The van der Waals surface area contributed by atoms with Gasteiger partial charge in [0.05, 0.1) is 5.75 Å². The van der Waals surface area contributed by atoms with Gasteiger partial charge in [-0.1, -0.05) is 31.5 Å². The van der Waals surface area contributed by atoms with Crippen molar-refractivity contribution in [3.8, 4) is 0 Å². The number of carbonyl (C=O) groups excluding carboxylic acids is 1. The van der Waals surface area contributed by atoms with E-state index in [2.05, 4.69) is 19.6 Å². The number of benzene rings is 1. The standard InChI is InChI=1S/C12H17NOS/c1-2-3-9-13(12(14)10-15)11-7-5-4-6-8-11/h4-8,15H,2-3,9-10H2,1H3. The van der Waals surface area contributed by atoms with Crippen LogP contribution >= 0.6 is 12.6 Å². The van der Waals surface area contributed by atoms with Crippen molar-refractivity contribution in [2.24, 2.45) is 0 Å². The summed E-state index contributed by atoms with van der Waals surface area (Å²) in [5, 5.41) is 0. The van der Waals surface area contributed by atoms with Crippen LogP contribution in [0.25, 0.3) is 0 Å². The van der Waals surface area contributed by atoms with E-state index in [4.69, 9.17) is 0 Å². The maximum absolute atomic E-state index is 11.7. The number of hydrogen-bond acceptors (Lipinski definition) is 2. The number of amides is 1. The van der Waals surface area contributed by atoms with Crippen molar-refractivity contribution in [1.29, 1.82) is 0 Å². The van der Waals surface area contributed by atoms with Crippen LogP contribution in [0.1, 0.15) is 19.8 Å². The van der Waals surface area contributed by atoms with E-state index in [0.717, 1.165) is 25.1 Å². The molecule has 1 amide bonds. The smallest absolute Gasteiger partial charge is 0.236 e. The van der Waals surface area contributed by atoms with Gasteiger partial charge in [0.1, 0.15) is 0 Å². The van der Waals surface area contributed by atoms with Gasteiger partial charge in [-0.2, -0.15) is 12.6 Å². The minimum atomic E-state index is 0.0676. The molecule has 0 radical (unpaired) electrons. The third-order valence-corrected chi connectivity index (χ3v) is 2.51. The summed E-state index contributed by atoms with van der Waals surface area (Å²) in [5.41, 5.74) is 0.963. The summed E-state index contributed by atoms with van der Waals surface area (Å²) >= 11 is 4.04. The molecule has 15 heavy (non-hydrogen) atoms. The molecule has 0 fully saturated rings. The van der Waals surface area contributed by atoms with Crippen LogP contribution in [-0.2, 0) is 4.79 Å². The molecule has 0 aliphatic rings. The van der Waals surface area contributed by atoms with E-state index in [9.17, 15) is 4.79 Å². The molecule has 0 aromatic heterocycles. The Morgan fingerprint density at radius 2 is 2.00 bits per heavy atom. The highest BCUT2D eigenvalue weighted by Crippen LogP contribution is 2.14. The van der Waals surface area contributed by atoms with E-state index >= 15 is 0 Å². The molecule has 0 spiro atoms. The number of nitrogens with zero attached hydrogens (tertiary/aromatic N) is 1. The Balaban J connectivity index is 2.76. The van der Waals surface area contributed by atoms with Gasteiger partial charge in [-0.05, 0) is 18.6 Å². The summed E-state index contributed by atoms with van der Waals surface area (Å²) in [5.74, 6) is 0.330. The molecule has 1 aromatic rings. The Morgan fingerprint density at radius 3 is 2.53 bits per heavy atom. The number of rotatable bonds is 5. The first-order chi connectivity index (χ1) is 7.29. The molecular weight excluding hydrogens is 206 g/mol. The van der Waals surface area contributed by atoms with E-state index in [1.165, 1.54) is 0 Å². The third kappa shape index (κ3) is 3.59. The van der Waals surface area contributed by atoms with Gasteiger partial charge < -0.3 is 4.90 Å². The highest BCUT2D eigenvalue weighted by atomic mass is 32.1. The molecule has 0 heterocycles. The van der Waals surface area contributed by atoms with Gasteiger partial charge in [-0.15, -0.1) is 0 Å². The second-order valence-electron chi connectivity index (χ2n) is 3.39. The zero-order chi connectivity index (χ0) is 11.1. The molecule has 0 aliphatic heterocycles. The van der Waals surface area contributed by atoms with Crippen molar-refractivity contribution in [2.75, 3.05) is 17.2 Å². The molecule has 0 saturated heterocycles.